The Balaban J connectivity index is 1.52. The predicted molar refractivity (Wildman–Crippen MR) is 100 cm³/mol. The molecule has 140 valence electrons. The van der Waals surface area contributed by atoms with E-state index in [1.807, 2.05) is 12.1 Å². The van der Waals surface area contributed by atoms with Gasteiger partial charge in [0.15, 0.2) is 5.65 Å². The van der Waals surface area contributed by atoms with Gasteiger partial charge in [-0.1, -0.05) is 6.07 Å². The molecule has 0 amide bonds. The van der Waals surface area contributed by atoms with Crippen LogP contribution in [0.3, 0.4) is 0 Å². The van der Waals surface area contributed by atoms with E-state index in [1.54, 1.807) is 18.3 Å². The van der Waals surface area contributed by atoms with Crippen LogP contribution < -0.4 is 5.56 Å². The molecule has 1 aliphatic carbocycles. The fraction of sp³-hybridized carbons (Fsp3) is 0.368. The molecule has 8 heteroatoms. The molecule has 3 heterocycles. The Morgan fingerprint density at radius 2 is 1.85 bits per heavy atom. The van der Waals surface area contributed by atoms with Gasteiger partial charge in [-0.2, -0.15) is 4.31 Å². The van der Waals surface area contributed by atoms with Gasteiger partial charge in [-0.3, -0.25) is 9.89 Å². The first-order valence-electron chi connectivity index (χ1n) is 9.24. The van der Waals surface area contributed by atoms with Crippen molar-refractivity contribution < 1.29 is 8.42 Å². The molecule has 3 aromatic rings. The van der Waals surface area contributed by atoms with Crippen molar-refractivity contribution in [2.24, 2.45) is 0 Å². The third-order valence-electron chi connectivity index (χ3n) is 5.62. The third-order valence-corrected chi connectivity index (χ3v) is 7.46. The van der Waals surface area contributed by atoms with Crippen LogP contribution in [-0.2, 0) is 35.8 Å². The first-order chi connectivity index (χ1) is 13.0. The van der Waals surface area contributed by atoms with Crippen molar-refractivity contribution in [1.29, 1.82) is 0 Å². The van der Waals surface area contributed by atoms with Crippen LogP contribution in [0.4, 0.5) is 0 Å². The lowest BCUT2D eigenvalue weighted by Crippen LogP contribution is -2.39. The zero-order valence-electron chi connectivity index (χ0n) is 14.8. The lowest BCUT2D eigenvalue weighted by Gasteiger charge is -2.27. The molecule has 0 saturated carbocycles. The summed E-state index contributed by atoms with van der Waals surface area (Å²) in [7, 11) is -3.61. The summed E-state index contributed by atoms with van der Waals surface area (Å²) < 4.78 is 29.2. The van der Waals surface area contributed by atoms with Crippen molar-refractivity contribution in [2.45, 2.75) is 43.5 Å². The molecule has 0 spiro atoms. The molecule has 5 rings (SSSR count). The van der Waals surface area contributed by atoms with E-state index in [0.29, 0.717) is 28.2 Å². The minimum atomic E-state index is -3.61. The minimum absolute atomic E-state index is 0.131. The Hall–Kier alpha value is -2.45. The van der Waals surface area contributed by atoms with Crippen LogP contribution in [-0.4, -0.2) is 33.9 Å². The van der Waals surface area contributed by atoms with Gasteiger partial charge >= 0.3 is 0 Å². The largest absolute Gasteiger partial charge is 0.297 e. The molecule has 1 N–H and O–H groups in total. The fourth-order valence-electron chi connectivity index (χ4n) is 4.13. The Labute approximate surface area is 156 Å². The number of benzene rings is 1. The first-order valence-corrected chi connectivity index (χ1v) is 10.7. The number of aromatic nitrogens is 3. The molecule has 2 aromatic heterocycles. The van der Waals surface area contributed by atoms with E-state index >= 15 is 0 Å². The van der Waals surface area contributed by atoms with Crippen molar-refractivity contribution in [1.82, 2.24) is 18.9 Å². The highest BCUT2D eigenvalue weighted by atomic mass is 32.2. The van der Waals surface area contributed by atoms with Crippen LogP contribution in [0.25, 0.3) is 5.65 Å². The summed E-state index contributed by atoms with van der Waals surface area (Å²) in [4.78, 5) is 17.4. The maximum atomic E-state index is 13.2. The van der Waals surface area contributed by atoms with Crippen molar-refractivity contribution in [3.63, 3.8) is 0 Å². The molecule has 2 aliphatic rings. The SMILES string of the molecule is O=c1c2c(nc3cc[nH]n13)CN(S(=O)(=O)c1ccc3c(c1)CCCC3)CC2. The smallest absolute Gasteiger partial charge is 0.276 e. The van der Waals surface area contributed by atoms with Crippen molar-refractivity contribution in [2.75, 3.05) is 6.54 Å². The van der Waals surface area contributed by atoms with Gasteiger partial charge in [0, 0.05) is 24.4 Å². The highest BCUT2D eigenvalue weighted by molar-refractivity contribution is 7.89. The maximum Gasteiger partial charge on any atom is 0.276 e. The van der Waals surface area contributed by atoms with Gasteiger partial charge in [0.05, 0.1) is 17.1 Å². The van der Waals surface area contributed by atoms with E-state index in [9.17, 15) is 13.2 Å². The predicted octanol–water partition coefficient (Wildman–Crippen LogP) is 1.65. The van der Waals surface area contributed by atoms with Gasteiger partial charge < -0.3 is 0 Å². The summed E-state index contributed by atoms with van der Waals surface area (Å²) in [6, 6.07) is 7.20. The second kappa shape index (κ2) is 6.03. The van der Waals surface area contributed by atoms with Crippen molar-refractivity contribution in [3.8, 4) is 0 Å². The summed E-state index contributed by atoms with van der Waals surface area (Å²) >= 11 is 0. The topological polar surface area (TPSA) is 87.5 Å². The molecular formula is C19H20N4O3S. The highest BCUT2D eigenvalue weighted by Gasteiger charge is 2.31. The summed E-state index contributed by atoms with van der Waals surface area (Å²) in [6.45, 7) is 0.418. The number of hydrogen-bond acceptors (Lipinski definition) is 4. The molecule has 7 nitrogen and oxygen atoms in total. The van der Waals surface area contributed by atoms with Crippen molar-refractivity contribution >= 4 is 15.7 Å². The molecule has 0 atom stereocenters. The van der Waals surface area contributed by atoms with Gasteiger partial charge in [-0.15, -0.1) is 0 Å². The second-order valence-corrected chi connectivity index (χ2v) is 9.16. The lowest BCUT2D eigenvalue weighted by atomic mass is 9.92. The minimum Gasteiger partial charge on any atom is -0.297 e. The molecule has 1 aliphatic heterocycles. The number of aromatic amines is 1. The van der Waals surface area contributed by atoms with Crippen molar-refractivity contribution in [3.05, 3.63) is 63.2 Å². The Kier molecular flexibility index (Phi) is 3.73. The molecule has 0 unspecified atom stereocenters. The van der Waals surface area contributed by atoms with Gasteiger partial charge in [-0.25, -0.2) is 17.9 Å². The van der Waals surface area contributed by atoms with E-state index in [-0.39, 0.29) is 18.6 Å². The average Bonchev–Trinajstić information content (AvgIpc) is 3.16. The normalized spacial score (nSPS) is 17.6. The summed E-state index contributed by atoms with van der Waals surface area (Å²) in [5, 5.41) is 2.84. The number of rotatable bonds is 2. The zero-order chi connectivity index (χ0) is 18.6. The summed E-state index contributed by atoms with van der Waals surface area (Å²) in [6.07, 6.45) is 6.24. The number of aryl methyl sites for hydroxylation is 2. The Morgan fingerprint density at radius 1 is 1.04 bits per heavy atom. The maximum absolute atomic E-state index is 13.2. The summed E-state index contributed by atoms with van der Waals surface area (Å²) in [5.41, 5.74) is 3.90. The quantitative estimate of drug-likeness (QED) is 0.728. The number of hydrogen-bond donors (Lipinski definition) is 1. The Bertz CT molecular complexity index is 1210. The van der Waals surface area contributed by atoms with Gasteiger partial charge in [-0.05, 0) is 55.4 Å². The molecule has 1 aromatic carbocycles. The Morgan fingerprint density at radius 3 is 2.70 bits per heavy atom. The average molecular weight is 384 g/mol. The standard InChI is InChI=1S/C19H20N4O3S/c24-19-16-8-10-22(12-17(16)21-18-7-9-20-23(18)19)27(25,26)15-6-5-13-3-1-2-4-14(13)11-15/h5-7,9,11,20H,1-4,8,10,12H2. The van der Waals surface area contributed by atoms with Crippen LogP contribution in [0, 0.1) is 0 Å². The molecule has 0 fully saturated rings. The monoisotopic (exact) mass is 384 g/mol. The second-order valence-electron chi connectivity index (χ2n) is 7.22. The lowest BCUT2D eigenvalue weighted by molar-refractivity contribution is 0.383. The zero-order valence-corrected chi connectivity index (χ0v) is 15.6. The van der Waals surface area contributed by atoms with Gasteiger partial charge in [0.2, 0.25) is 10.0 Å². The van der Waals surface area contributed by atoms with Crippen LogP contribution in [0.2, 0.25) is 0 Å². The van der Waals surface area contributed by atoms with Crippen LogP contribution in [0.15, 0.2) is 40.2 Å². The van der Waals surface area contributed by atoms with Crippen LogP contribution in [0.1, 0.15) is 35.2 Å². The van der Waals surface area contributed by atoms with E-state index in [4.69, 9.17) is 0 Å². The number of sulfonamides is 1. The highest BCUT2D eigenvalue weighted by Crippen LogP contribution is 2.27. The van der Waals surface area contributed by atoms with Gasteiger partial charge in [0.1, 0.15) is 0 Å². The summed E-state index contributed by atoms with van der Waals surface area (Å²) in [5.74, 6) is 0. The number of nitrogens with one attached hydrogen (secondary N) is 1. The van der Waals surface area contributed by atoms with Gasteiger partial charge in [0.25, 0.3) is 5.56 Å². The van der Waals surface area contributed by atoms with Crippen LogP contribution in [0.5, 0.6) is 0 Å². The first kappa shape index (κ1) is 16.7. The number of fused-ring (bicyclic) bond motifs is 3. The number of nitrogens with zero attached hydrogens (tertiary/aromatic N) is 3. The molecule has 27 heavy (non-hydrogen) atoms. The van der Waals surface area contributed by atoms with E-state index in [1.165, 1.54) is 14.4 Å². The molecule has 0 radical (unpaired) electrons. The van der Waals surface area contributed by atoms with E-state index < -0.39 is 10.0 Å². The molecular weight excluding hydrogens is 364 g/mol. The molecule has 0 saturated heterocycles. The van der Waals surface area contributed by atoms with E-state index in [2.05, 4.69) is 10.1 Å². The fourth-order valence-corrected chi connectivity index (χ4v) is 5.58. The van der Waals surface area contributed by atoms with Crippen LogP contribution >= 0.6 is 0 Å². The number of H-pyrrole nitrogens is 1. The molecule has 0 bridgehead atoms. The van der Waals surface area contributed by atoms with E-state index in [0.717, 1.165) is 31.2 Å². The third kappa shape index (κ3) is 2.62.